The Kier molecular flexibility index (Phi) is 4.20. The van der Waals surface area contributed by atoms with E-state index in [0.717, 1.165) is 18.7 Å². The number of hydrogen-bond acceptors (Lipinski definition) is 2. The first-order valence-corrected chi connectivity index (χ1v) is 6.58. The van der Waals surface area contributed by atoms with Gasteiger partial charge in [0.1, 0.15) is 0 Å². The van der Waals surface area contributed by atoms with Crippen LogP contribution in [0.3, 0.4) is 0 Å². The van der Waals surface area contributed by atoms with E-state index in [1.165, 1.54) is 24.9 Å². The zero-order valence-electron chi connectivity index (χ0n) is 10.9. The predicted octanol–water partition coefficient (Wildman–Crippen LogP) is 2.20. The lowest BCUT2D eigenvalue weighted by atomic mass is 10.0. The molecule has 0 spiro atoms. The number of carbonyl (C=O) groups is 1. The Bertz CT molecular complexity index is 419. The average molecular weight is 247 g/mol. The molecule has 1 unspecified atom stereocenters. The van der Waals surface area contributed by atoms with E-state index in [9.17, 15) is 4.79 Å². The van der Waals surface area contributed by atoms with Crippen molar-refractivity contribution in [1.82, 2.24) is 4.90 Å². The number of anilines is 1. The van der Waals surface area contributed by atoms with Crippen LogP contribution in [-0.4, -0.2) is 30.1 Å². The smallest absolute Gasteiger partial charge is 0.316 e. The summed E-state index contributed by atoms with van der Waals surface area (Å²) < 4.78 is 0. The van der Waals surface area contributed by atoms with Crippen LogP contribution < -0.4 is 11.1 Å². The fourth-order valence-electron chi connectivity index (χ4n) is 2.73. The Morgan fingerprint density at radius 2 is 2.39 bits per heavy atom. The molecule has 0 aliphatic carbocycles. The molecule has 1 saturated heterocycles. The van der Waals surface area contributed by atoms with E-state index in [0.29, 0.717) is 6.04 Å². The van der Waals surface area contributed by atoms with E-state index in [1.54, 1.807) is 0 Å². The van der Waals surface area contributed by atoms with Gasteiger partial charge in [-0.05, 0) is 50.0 Å². The molecule has 0 aromatic heterocycles. The maximum atomic E-state index is 10.8. The predicted molar refractivity (Wildman–Crippen MR) is 73.6 cm³/mol. The van der Waals surface area contributed by atoms with Gasteiger partial charge in [0.05, 0.1) is 0 Å². The lowest BCUT2D eigenvalue weighted by molar-refractivity contribution is 0.259. The minimum atomic E-state index is -0.511. The van der Waals surface area contributed by atoms with Crippen LogP contribution in [0.4, 0.5) is 10.5 Å². The molecular weight excluding hydrogens is 226 g/mol. The van der Waals surface area contributed by atoms with Crippen LogP contribution >= 0.6 is 0 Å². The molecule has 18 heavy (non-hydrogen) atoms. The zero-order valence-corrected chi connectivity index (χ0v) is 10.9. The van der Waals surface area contributed by atoms with Crippen molar-refractivity contribution in [2.24, 2.45) is 5.73 Å². The Hall–Kier alpha value is -1.55. The molecule has 4 nitrogen and oxygen atoms in total. The van der Waals surface area contributed by atoms with Gasteiger partial charge in [0.25, 0.3) is 0 Å². The molecule has 0 bridgehead atoms. The second kappa shape index (κ2) is 5.87. The number of urea groups is 1. The number of primary amides is 1. The van der Waals surface area contributed by atoms with Crippen molar-refractivity contribution in [3.05, 3.63) is 29.8 Å². The average Bonchev–Trinajstić information content (AvgIpc) is 2.76. The summed E-state index contributed by atoms with van der Waals surface area (Å²) in [5, 5.41) is 2.62. The highest BCUT2D eigenvalue weighted by molar-refractivity contribution is 5.87. The lowest BCUT2D eigenvalue weighted by Crippen LogP contribution is -2.30. The van der Waals surface area contributed by atoms with E-state index >= 15 is 0 Å². The maximum absolute atomic E-state index is 10.8. The summed E-state index contributed by atoms with van der Waals surface area (Å²) in [6.45, 7) is 4.54. The minimum Gasteiger partial charge on any atom is -0.351 e. The van der Waals surface area contributed by atoms with Gasteiger partial charge in [0, 0.05) is 11.7 Å². The standard InChI is InChI=1S/C14H21N3O/c1-2-17-8-4-7-13(17)10-11-5-3-6-12(9-11)16-14(15)18/h3,5-6,9,13H,2,4,7-8,10H2,1H3,(H3,15,16,18). The Morgan fingerprint density at radius 3 is 3.11 bits per heavy atom. The molecule has 1 aliphatic rings. The largest absolute Gasteiger partial charge is 0.351 e. The molecule has 0 radical (unpaired) electrons. The van der Waals surface area contributed by atoms with Crippen LogP contribution in [0.25, 0.3) is 0 Å². The summed E-state index contributed by atoms with van der Waals surface area (Å²) in [4.78, 5) is 13.3. The van der Waals surface area contributed by atoms with Gasteiger partial charge in [0.15, 0.2) is 0 Å². The first kappa shape index (κ1) is 12.9. The first-order valence-electron chi connectivity index (χ1n) is 6.58. The lowest BCUT2D eigenvalue weighted by Gasteiger charge is -2.22. The SMILES string of the molecule is CCN1CCCC1Cc1cccc(NC(N)=O)c1. The second-order valence-corrected chi connectivity index (χ2v) is 4.82. The molecule has 1 heterocycles. The summed E-state index contributed by atoms with van der Waals surface area (Å²) in [5.41, 5.74) is 7.16. The van der Waals surface area contributed by atoms with Crippen molar-refractivity contribution in [3.8, 4) is 0 Å². The van der Waals surface area contributed by atoms with Gasteiger partial charge in [-0.25, -0.2) is 4.79 Å². The molecule has 3 N–H and O–H groups in total. The van der Waals surface area contributed by atoms with Crippen molar-refractivity contribution < 1.29 is 4.79 Å². The Balaban J connectivity index is 2.02. The fraction of sp³-hybridized carbons (Fsp3) is 0.500. The van der Waals surface area contributed by atoms with Crippen molar-refractivity contribution in [3.63, 3.8) is 0 Å². The van der Waals surface area contributed by atoms with Crippen molar-refractivity contribution in [2.75, 3.05) is 18.4 Å². The number of benzene rings is 1. The van der Waals surface area contributed by atoms with Crippen LogP contribution in [0.1, 0.15) is 25.3 Å². The van der Waals surface area contributed by atoms with Crippen LogP contribution in [0.2, 0.25) is 0 Å². The highest BCUT2D eigenvalue weighted by atomic mass is 16.2. The van der Waals surface area contributed by atoms with Crippen LogP contribution in [0.5, 0.6) is 0 Å². The van der Waals surface area contributed by atoms with Gasteiger partial charge in [0.2, 0.25) is 0 Å². The Labute approximate surface area is 108 Å². The molecule has 2 amide bonds. The number of amides is 2. The number of likely N-dealkylation sites (N-methyl/N-ethyl adjacent to an activating group) is 1. The number of nitrogens with one attached hydrogen (secondary N) is 1. The second-order valence-electron chi connectivity index (χ2n) is 4.82. The third kappa shape index (κ3) is 3.23. The summed E-state index contributed by atoms with van der Waals surface area (Å²) >= 11 is 0. The molecule has 2 rings (SSSR count). The van der Waals surface area contributed by atoms with E-state index in [2.05, 4.69) is 23.2 Å². The first-order chi connectivity index (χ1) is 8.69. The zero-order chi connectivity index (χ0) is 13.0. The number of rotatable bonds is 4. The number of likely N-dealkylation sites (tertiary alicyclic amines) is 1. The number of carbonyl (C=O) groups excluding carboxylic acids is 1. The molecular formula is C14H21N3O. The van der Waals surface area contributed by atoms with Crippen molar-refractivity contribution in [1.29, 1.82) is 0 Å². The summed E-state index contributed by atoms with van der Waals surface area (Å²) in [7, 11) is 0. The maximum Gasteiger partial charge on any atom is 0.316 e. The van der Waals surface area contributed by atoms with Crippen LogP contribution in [0, 0.1) is 0 Å². The number of nitrogens with two attached hydrogens (primary N) is 1. The summed E-state index contributed by atoms with van der Waals surface area (Å²) in [6.07, 6.45) is 3.60. The summed E-state index contributed by atoms with van der Waals surface area (Å²) in [5.74, 6) is 0. The Morgan fingerprint density at radius 1 is 1.56 bits per heavy atom. The van der Waals surface area contributed by atoms with Gasteiger partial charge in [-0.3, -0.25) is 0 Å². The van der Waals surface area contributed by atoms with E-state index in [1.807, 2.05) is 18.2 Å². The van der Waals surface area contributed by atoms with Gasteiger partial charge < -0.3 is 16.0 Å². The number of hydrogen-bond donors (Lipinski definition) is 2. The molecule has 0 saturated carbocycles. The highest BCUT2D eigenvalue weighted by Crippen LogP contribution is 2.22. The van der Waals surface area contributed by atoms with Crippen LogP contribution in [0.15, 0.2) is 24.3 Å². The minimum absolute atomic E-state index is 0.511. The molecule has 1 aromatic carbocycles. The fourth-order valence-corrected chi connectivity index (χ4v) is 2.73. The number of nitrogens with zero attached hydrogens (tertiary/aromatic N) is 1. The quantitative estimate of drug-likeness (QED) is 0.857. The molecule has 98 valence electrons. The molecule has 1 aromatic rings. The summed E-state index contributed by atoms with van der Waals surface area (Å²) in [6, 6.07) is 8.07. The molecule has 4 heteroatoms. The van der Waals surface area contributed by atoms with E-state index < -0.39 is 6.03 Å². The van der Waals surface area contributed by atoms with E-state index in [4.69, 9.17) is 5.73 Å². The van der Waals surface area contributed by atoms with Gasteiger partial charge in [-0.2, -0.15) is 0 Å². The topological polar surface area (TPSA) is 58.4 Å². The van der Waals surface area contributed by atoms with E-state index in [-0.39, 0.29) is 0 Å². The van der Waals surface area contributed by atoms with Gasteiger partial charge in [-0.1, -0.05) is 19.1 Å². The van der Waals surface area contributed by atoms with Gasteiger partial charge >= 0.3 is 6.03 Å². The van der Waals surface area contributed by atoms with Crippen molar-refractivity contribution in [2.45, 2.75) is 32.2 Å². The third-order valence-corrected chi connectivity index (χ3v) is 3.57. The highest BCUT2D eigenvalue weighted by Gasteiger charge is 2.22. The van der Waals surface area contributed by atoms with Crippen LogP contribution in [-0.2, 0) is 6.42 Å². The third-order valence-electron chi connectivity index (χ3n) is 3.57. The van der Waals surface area contributed by atoms with Gasteiger partial charge in [-0.15, -0.1) is 0 Å². The molecule has 1 atom stereocenters. The van der Waals surface area contributed by atoms with Crippen molar-refractivity contribution >= 4 is 11.7 Å². The normalized spacial score (nSPS) is 19.9. The molecule has 1 aliphatic heterocycles. The molecule has 1 fully saturated rings. The monoisotopic (exact) mass is 247 g/mol.